The van der Waals surface area contributed by atoms with Crippen molar-refractivity contribution in [2.24, 2.45) is 7.05 Å². The molecule has 8 nitrogen and oxygen atoms in total. The number of nitrogens with zero attached hydrogens (tertiary/aromatic N) is 5. The van der Waals surface area contributed by atoms with Gasteiger partial charge in [-0.3, -0.25) is 4.57 Å². The second kappa shape index (κ2) is 5.48. The molecule has 0 saturated heterocycles. The molecule has 0 fully saturated rings. The van der Waals surface area contributed by atoms with Gasteiger partial charge in [0.15, 0.2) is 11.5 Å². The largest absolute Gasteiger partial charge is 0.496 e. The van der Waals surface area contributed by atoms with Crippen LogP contribution in [0.25, 0.3) is 28.1 Å². The number of hydrogen-bond donors (Lipinski definition) is 0. The van der Waals surface area contributed by atoms with Crippen LogP contribution in [-0.4, -0.2) is 38.4 Å². The number of methoxy groups -OCH3 is 1. The predicted octanol–water partition coefficient (Wildman–Crippen LogP) is 2.56. The average molecular weight is 349 g/mol. The molecule has 0 unspecified atom stereocenters. The third-order valence-electron chi connectivity index (χ3n) is 4.45. The Morgan fingerprint density at radius 3 is 2.81 bits per heavy atom. The van der Waals surface area contributed by atoms with Gasteiger partial charge in [0.05, 0.1) is 18.2 Å². The Hall–Kier alpha value is -3.55. The van der Waals surface area contributed by atoms with E-state index in [1.807, 2.05) is 48.1 Å². The number of aryl methyl sites for hydroxylation is 1. The highest BCUT2D eigenvalue weighted by atomic mass is 16.7. The molecule has 2 aromatic carbocycles. The Kier molecular flexibility index (Phi) is 3.11. The number of imidazole rings is 1. The first-order valence-corrected chi connectivity index (χ1v) is 8.06. The summed E-state index contributed by atoms with van der Waals surface area (Å²) in [5.41, 5.74) is 3.55. The fourth-order valence-corrected chi connectivity index (χ4v) is 3.16. The minimum Gasteiger partial charge on any atom is -0.496 e. The molecule has 0 bridgehead atoms. The summed E-state index contributed by atoms with van der Waals surface area (Å²) in [5.74, 6) is 2.76. The molecular formula is C18H15N5O3. The molecule has 0 aliphatic carbocycles. The van der Waals surface area contributed by atoms with Crippen molar-refractivity contribution in [2.75, 3.05) is 13.9 Å². The summed E-state index contributed by atoms with van der Waals surface area (Å²) in [6.07, 6.45) is 3.65. The molecule has 3 heterocycles. The van der Waals surface area contributed by atoms with Gasteiger partial charge in [0.2, 0.25) is 6.79 Å². The van der Waals surface area contributed by atoms with Gasteiger partial charge in [-0.1, -0.05) is 5.21 Å². The van der Waals surface area contributed by atoms with Crippen LogP contribution in [0, 0.1) is 0 Å². The van der Waals surface area contributed by atoms with E-state index in [0.29, 0.717) is 17.2 Å². The Bertz CT molecular complexity index is 1130. The molecule has 5 rings (SSSR count). The van der Waals surface area contributed by atoms with Crippen molar-refractivity contribution in [1.29, 1.82) is 0 Å². The zero-order valence-electron chi connectivity index (χ0n) is 14.2. The van der Waals surface area contributed by atoms with Crippen molar-refractivity contribution < 1.29 is 14.2 Å². The normalized spacial score (nSPS) is 12.7. The Labute approximate surface area is 148 Å². The summed E-state index contributed by atoms with van der Waals surface area (Å²) in [6, 6.07) is 9.69. The lowest BCUT2D eigenvalue weighted by molar-refractivity contribution is 0.174. The van der Waals surface area contributed by atoms with Gasteiger partial charge in [0, 0.05) is 31.2 Å². The van der Waals surface area contributed by atoms with Crippen molar-refractivity contribution in [1.82, 2.24) is 24.5 Å². The van der Waals surface area contributed by atoms with Crippen LogP contribution in [0.15, 0.2) is 42.7 Å². The van der Waals surface area contributed by atoms with Gasteiger partial charge >= 0.3 is 0 Å². The standard InChI is InChI=1S/C18H15N5O3/c1-22-14-4-3-11(7-13(14)20-21-22)23-6-5-19-18(23)12-8-16-17(26-10-25-16)9-15(12)24-2/h3-9H,10H2,1-2H3. The smallest absolute Gasteiger partial charge is 0.231 e. The Morgan fingerprint density at radius 2 is 1.96 bits per heavy atom. The summed E-state index contributed by atoms with van der Waals surface area (Å²) in [6.45, 7) is 0.208. The van der Waals surface area contributed by atoms with Crippen molar-refractivity contribution in [3.8, 4) is 34.3 Å². The molecule has 2 aromatic heterocycles. The van der Waals surface area contributed by atoms with Crippen LogP contribution in [-0.2, 0) is 7.05 Å². The Morgan fingerprint density at radius 1 is 1.12 bits per heavy atom. The van der Waals surface area contributed by atoms with E-state index >= 15 is 0 Å². The number of aromatic nitrogens is 5. The first-order valence-electron chi connectivity index (χ1n) is 8.06. The number of rotatable bonds is 3. The van der Waals surface area contributed by atoms with Crippen molar-refractivity contribution >= 4 is 11.0 Å². The van der Waals surface area contributed by atoms with Crippen LogP contribution < -0.4 is 14.2 Å². The van der Waals surface area contributed by atoms with Gasteiger partial charge in [-0.15, -0.1) is 5.10 Å². The third-order valence-corrected chi connectivity index (χ3v) is 4.45. The summed E-state index contributed by atoms with van der Waals surface area (Å²) in [4.78, 5) is 4.53. The van der Waals surface area contributed by atoms with E-state index in [1.54, 1.807) is 18.0 Å². The van der Waals surface area contributed by atoms with E-state index in [9.17, 15) is 0 Å². The summed E-state index contributed by atoms with van der Waals surface area (Å²) in [7, 11) is 3.50. The van der Waals surface area contributed by atoms with Crippen LogP contribution >= 0.6 is 0 Å². The SMILES string of the molecule is COc1cc2c(cc1-c1nccn1-c1ccc3c(c1)nnn3C)OCO2. The van der Waals surface area contributed by atoms with Gasteiger partial charge in [0.1, 0.15) is 17.1 Å². The fourth-order valence-electron chi connectivity index (χ4n) is 3.16. The third kappa shape index (κ3) is 2.12. The molecule has 0 radical (unpaired) electrons. The lowest BCUT2D eigenvalue weighted by Crippen LogP contribution is -1.99. The molecule has 1 aliphatic heterocycles. The highest BCUT2D eigenvalue weighted by Crippen LogP contribution is 2.42. The van der Waals surface area contributed by atoms with Crippen LogP contribution in [0.5, 0.6) is 17.2 Å². The predicted molar refractivity (Wildman–Crippen MR) is 93.7 cm³/mol. The zero-order valence-corrected chi connectivity index (χ0v) is 14.2. The Balaban J connectivity index is 1.67. The van der Waals surface area contributed by atoms with Crippen LogP contribution in [0.1, 0.15) is 0 Å². The molecule has 130 valence electrons. The molecule has 0 amide bonds. The van der Waals surface area contributed by atoms with E-state index < -0.39 is 0 Å². The highest BCUT2D eigenvalue weighted by molar-refractivity contribution is 5.78. The molecule has 1 aliphatic rings. The van der Waals surface area contributed by atoms with Gasteiger partial charge in [-0.05, 0) is 24.3 Å². The van der Waals surface area contributed by atoms with E-state index in [2.05, 4.69) is 15.3 Å². The maximum absolute atomic E-state index is 5.54. The molecular weight excluding hydrogens is 334 g/mol. The van der Waals surface area contributed by atoms with Crippen LogP contribution in [0.3, 0.4) is 0 Å². The zero-order chi connectivity index (χ0) is 17.7. The number of hydrogen-bond acceptors (Lipinski definition) is 6. The number of ether oxygens (including phenoxy) is 3. The summed E-state index contributed by atoms with van der Waals surface area (Å²) < 4.78 is 20.2. The van der Waals surface area contributed by atoms with Gasteiger partial charge in [-0.25, -0.2) is 9.67 Å². The van der Waals surface area contributed by atoms with E-state index in [-0.39, 0.29) is 6.79 Å². The molecule has 8 heteroatoms. The quantitative estimate of drug-likeness (QED) is 0.566. The van der Waals surface area contributed by atoms with E-state index in [0.717, 1.165) is 28.1 Å². The minimum atomic E-state index is 0.208. The molecule has 0 spiro atoms. The van der Waals surface area contributed by atoms with Crippen molar-refractivity contribution in [3.05, 3.63) is 42.7 Å². The molecule has 0 N–H and O–H groups in total. The molecule has 0 saturated carbocycles. The monoisotopic (exact) mass is 349 g/mol. The average Bonchev–Trinajstić information content (AvgIpc) is 3.39. The topological polar surface area (TPSA) is 76.2 Å². The summed E-state index contributed by atoms with van der Waals surface area (Å²) >= 11 is 0. The molecule has 4 aromatic rings. The van der Waals surface area contributed by atoms with Crippen LogP contribution in [0.2, 0.25) is 0 Å². The second-order valence-electron chi connectivity index (χ2n) is 5.91. The maximum atomic E-state index is 5.54. The summed E-state index contributed by atoms with van der Waals surface area (Å²) in [5, 5.41) is 8.25. The lowest BCUT2D eigenvalue weighted by Gasteiger charge is -2.12. The van der Waals surface area contributed by atoms with Crippen LogP contribution in [0.4, 0.5) is 0 Å². The molecule has 26 heavy (non-hydrogen) atoms. The minimum absolute atomic E-state index is 0.208. The molecule has 0 atom stereocenters. The fraction of sp³-hybridized carbons (Fsp3) is 0.167. The highest BCUT2D eigenvalue weighted by Gasteiger charge is 2.21. The maximum Gasteiger partial charge on any atom is 0.231 e. The number of benzene rings is 2. The van der Waals surface area contributed by atoms with Gasteiger partial charge in [0.25, 0.3) is 0 Å². The van der Waals surface area contributed by atoms with Crippen molar-refractivity contribution in [3.63, 3.8) is 0 Å². The van der Waals surface area contributed by atoms with E-state index in [1.165, 1.54) is 0 Å². The first kappa shape index (κ1) is 14.8. The first-order chi connectivity index (χ1) is 12.7. The van der Waals surface area contributed by atoms with Gasteiger partial charge < -0.3 is 14.2 Å². The second-order valence-corrected chi connectivity index (χ2v) is 5.91. The van der Waals surface area contributed by atoms with Gasteiger partial charge in [-0.2, -0.15) is 0 Å². The lowest BCUT2D eigenvalue weighted by atomic mass is 10.1. The van der Waals surface area contributed by atoms with Crippen molar-refractivity contribution in [2.45, 2.75) is 0 Å². The van der Waals surface area contributed by atoms with E-state index in [4.69, 9.17) is 14.2 Å². The number of fused-ring (bicyclic) bond motifs is 2.